The Hall–Kier alpha value is -3.99. The summed E-state index contributed by atoms with van der Waals surface area (Å²) in [6.45, 7) is 7.77. The minimum absolute atomic E-state index is 0.202. The first kappa shape index (κ1) is 42.4. The number of rotatable bonds is 7. The van der Waals surface area contributed by atoms with Crippen molar-refractivity contribution >= 4 is 54.5 Å². The molecule has 1 fully saturated rings. The Morgan fingerprint density at radius 2 is 1.44 bits per heavy atom. The first-order chi connectivity index (χ1) is 23.7. The van der Waals surface area contributed by atoms with Crippen molar-refractivity contribution in [2.75, 3.05) is 34.5 Å². The van der Waals surface area contributed by atoms with E-state index in [9.17, 15) is 36.0 Å². The summed E-state index contributed by atoms with van der Waals surface area (Å²) in [5.41, 5.74) is -8.74. The van der Waals surface area contributed by atoms with Gasteiger partial charge in [-0.05, 0) is 0 Å². The Bertz CT molecular complexity index is 1790. The zero-order chi connectivity index (χ0) is 39.6. The van der Waals surface area contributed by atoms with Gasteiger partial charge in [-0.1, -0.05) is 0 Å². The van der Waals surface area contributed by atoms with Gasteiger partial charge in [-0.3, -0.25) is 0 Å². The summed E-state index contributed by atoms with van der Waals surface area (Å²) in [4.78, 5) is 47.9. The maximum absolute atomic E-state index is 16.6. The van der Waals surface area contributed by atoms with Crippen LogP contribution in [0.4, 0.5) is 36.3 Å². The number of guanidine groups is 1. The second-order valence-electron chi connectivity index (χ2n) is 13.2. The second kappa shape index (κ2) is 15.9. The maximum atomic E-state index is 16.6. The van der Waals surface area contributed by atoms with Crippen molar-refractivity contribution in [3.63, 3.8) is 0 Å². The molecule has 2 aromatic carbocycles. The molecule has 0 spiro atoms. The molecule has 0 aromatic heterocycles. The van der Waals surface area contributed by atoms with Crippen LogP contribution in [-0.2, 0) is 28.6 Å². The van der Waals surface area contributed by atoms with Gasteiger partial charge in [0.1, 0.15) is 0 Å². The number of halogens is 6. The molecule has 1 saturated heterocycles. The summed E-state index contributed by atoms with van der Waals surface area (Å²) in [6, 6.07) is 5.82. The van der Waals surface area contributed by atoms with Crippen LogP contribution in [0.2, 0.25) is 0 Å². The molecule has 0 unspecified atom stereocenters. The standard InChI is InChI=1S/C31H39F5IN5O9S/c1-29(2,3)49-26(43)38-25(41-17-39(7)27(44)40(8)18-41)42(28(45)50-30(4,5)6)16-19-10-15-22(32)24(23(19)33)37(51-52(46,47)31(34,35)36)20-11-13-21(48-9)14-12-20/h10-15H,16-18H2,1-9H3. The van der Waals surface area contributed by atoms with Crippen molar-refractivity contribution in [2.24, 2.45) is 4.99 Å². The van der Waals surface area contributed by atoms with E-state index in [2.05, 4.69) is 7.50 Å². The second-order valence-corrected chi connectivity index (χ2v) is 19.5. The number of ether oxygens (including phenoxy) is 3. The molecule has 0 atom stereocenters. The molecule has 21 heteroatoms. The van der Waals surface area contributed by atoms with Crippen molar-refractivity contribution in [1.82, 2.24) is 19.6 Å². The monoisotopic (exact) mass is 879 g/mol. The van der Waals surface area contributed by atoms with Crippen molar-refractivity contribution in [1.29, 1.82) is 0 Å². The third-order valence-electron chi connectivity index (χ3n) is 6.43. The Kier molecular flexibility index (Phi) is 13.0. The number of nitrogens with zero attached hydrogens (tertiary/aromatic N) is 5. The molecule has 0 aliphatic carbocycles. The molecule has 0 bridgehead atoms. The van der Waals surface area contributed by atoms with Crippen LogP contribution >= 0.6 is 20.2 Å². The van der Waals surface area contributed by atoms with E-state index < -0.39 is 98.6 Å². The number of urea groups is 1. The van der Waals surface area contributed by atoms with Crippen LogP contribution in [0.3, 0.4) is 0 Å². The van der Waals surface area contributed by atoms with Crippen LogP contribution in [-0.4, -0.2) is 103 Å². The molecule has 14 nitrogen and oxygen atoms in total. The number of benzene rings is 2. The molecule has 1 aliphatic rings. The molecule has 0 N–H and O–H groups in total. The van der Waals surface area contributed by atoms with Gasteiger partial charge in [-0.2, -0.15) is 0 Å². The summed E-state index contributed by atoms with van der Waals surface area (Å²) >= 11 is -4.70. The van der Waals surface area contributed by atoms with Gasteiger partial charge in [-0.15, -0.1) is 0 Å². The number of hydrogen-bond donors (Lipinski definition) is 0. The van der Waals surface area contributed by atoms with E-state index in [4.69, 9.17) is 14.2 Å². The van der Waals surface area contributed by atoms with Crippen LogP contribution < -0.4 is 4.74 Å². The fourth-order valence-corrected chi connectivity index (χ4v) is 10.9. The van der Waals surface area contributed by atoms with E-state index in [1.165, 1.54) is 68.8 Å². The molecule has 4 amide bonds. The first-order valence-corrected chi connectivity index (χ1v) is 19.5. The minimum atomic E-state index is -6.38. The van der Waals surface area contributed by atoms with Gasteiger partial charge in [0.05, 0.1) is 0 Å². The molecule has 3 rings (SSSR count). The number of aliphatic imine (C=N–C) groups is 1. The molecule has 52 heavy (non-hydrogen) atoms. The average molecular weight is 880 g/mol. The zero-order valence-electron chi connectivity index (χ0n) is 29.7. The van der Waals surface area contributed by atoms with Gasteiger partial charge >= 0.3 is 306 Å². The summed E-state index contributed by atoms with van der Waals surface area (Å²) < 4.78 is 116. The van der Waals surface area contributed by atoms with E-state index in [1.807, 2.05) is 0 Å². The molecule has 0 saturated carbocycles. The van der Waals surface area contributed by atoms with Gasteiger partial charge < -0.3 is 0 Å². The predicted octanol–water partition coefficient (Wildman–Crippen LogP) is 6.54. The Balaban J connectivity index is 2.29. The molecule has 2 aromatic rings. The van der Waals surface area contributed by atoms with Crippen molar-refractivity contribution < 1.29 is 61.5 Å². The average Bonchev–Trinajstić information content (AvgIpc) is 2.99. The normalized spacial score (nSPS) is 15.0. The van der Waals surface area contributed by atoms with Crippen molar-refractivity contribution in [3.05, 3.63) is 60.7 Å². The summed E-state index contributed by atoms with van der Waals surface area (Å²) in [5.74, 6) is -3.26. The number of methoxy groups -OCH3 is 1. The van der Waals surface area contributed by atoms with Gasteiger partial charge in [-0.25, -0.2) is 0 Å². The Morgan fingerprint density at radius 1 is 0.904 bits per heavy atom. The topological polar surface area (TPSA) is 148 Å². The fourth-order valence-electron chi connectivity index (χ4n) is 4.29. The van der Waals surface area contributed by atoms with E-state index in [0.717, 1.165) is 18.2 Å². The predicted molar refractivity (Wildman–Crippen MR) is 185 cm³/mol. The van der Waals surface area contributed by atoms with Gasteiger partial charge in [0.2, 0.25) is 0 Å². The van der Waals surface area contributed by atoms with E-state index >= 15 is 8.78 Å². The quantitative estimate of drug-likeness (QED) is 0.0750. The van der Waals surface area contributed by atoms with Crippen LogP contribution in [0, 0.1) is 18.8 Å². The fraction of sp³-hybridized carbons (Fsp3) is 0.484. The molecule has 290 valence electrons. The van der Waals surface area contributed by atoms with Crippen LogP contribution in [0.25, 0.3) is 0 Å². The molecular weight excluding hydrogens is 840 g/mol. The van der Waals surface area contributed by atoms with Crippen LogP contribution in [0.1, 0.15) is 47.1 Å². The van der Waals surface area contributed by atoms with Crippen molar-refractivity contribution in [2.45, 2.75) is 64.8 Å². The van der Waals surface area contributed by atoms with Crippen molar-refractivity contribution in [3.8, 4) is 5.75 Å². The molecule has 0 radical (unpaired) electrons. The summed E-state index contributed by atoms with van der Waals surface area (Å²) in [5, 5.41) is 0. The number of hydrogen-bond acceptors (Lipinski definition) is 9. The van der Waals surface area contributed by atoms with Gasteiger partial charge in [0.25, 0.3) is 0 Å². The zero-order valence-corrected chi connectivity index (χ0v) is 32.6. The van der Waals surface area contributed by atoms with Crippen LogP contribution in [0.5, 0.6) is 5.75 Å². The number of carbonyl (C=O) groups excluding carboxylic acids is 3. The number of amides is 4. The molecular formula is C31H39F5IN5O9S. The van der Waals surface area contributed by atoms with E-state index in [1.54, 1.807) is 20.8 Å². The summed E-state index contributed by atoms with van der Waals surface area (Å²) in [6.07, 6.45) is -2.40. The first-order valence-electron chi connectivity index (χ1n) is 15.1. The third kappa shape index (κ3) is 10.8. The third-order valence-corrected chi connectivity index (χ3v) is 13.6. The van der Waals surface area contributed by atoms with Gasteiger partial charge in [0, 0.05) is 0 Å². The van der Waals surface area contributed by atoms with E-state index in [-0.39, 0.29) is 22.7 Å². The van der Waals surface area contributed by atoms with Crippen LogP contribution in [0.15, 0.2) is 41.4 Å². The molecule has 1 heterocycles. The van der Waals surface area contributed by atoms with E-state index in [0.29, 0.717) is 11.0 Å². The summed E-state index contributed by atoms with van der Waals surface area (Å²) in [7, 11) is -2.26. The van der Waals surface area contributed by atoms with Gasteiger partial charge in [0.15, 0.2) is 0 Å². The Labute approximate surface area is 305 Å². The number of carbonyl (C=O) groups is 3. The Morgan fingerprint density at radius 3 is 1.92 bits per heavy atom. The SMILES string of the molecule is COc1ccc(I(OS(=O)(=O)C(F)(F)F)c2c(F)ccc(CN(C(=O)OC(C)(C)C)C(=NC(=O)OC(C)(C)C)N3CN(C)C(=O)N(C)C3)c2F)cc1. The number of alkyl halides is 3. The molecule has 1 aliphatic heterocycles.